The minimum atomic E-state index is -3.91. The summed E-state index contributed by atoms with van der Waals surface area (Å²) in [5.41, 5.74) is 2.03. The molecular weight excluding hydrogens is 443 g/mol. The van der Waals surface area contributed by atoms with E-state index in [1.165, 1.54) is 18.2 Å². The number of nitrogens with one attached hydrogen (secondary N) is 1. The van der Waals surface area contributed by atoms with Crippen LogP contribution in [0.2, 0.25) is 10.0 Å². The monoisotopic (exact) mass is 462 g/mol. The van der Waals surface area contributed by atoms with Gasteiger partial charge in [-0.1, -0.05) is 71.2 Å². The summed E-state index contributed by atoms with van der Waals surface area (Å²) in [7, 11) is -3.91. The van der Waals surface area contributed by atoms with Gasteiger partial charge in [-0.15, -0.1) is 0 Å². The van der Waals surface area contributed by atoms with Gasteiger partial charge >= 0.3 is 0 Å². The fourth-order valence-corrected chi connectivity index (χ4v) is 4.54. The summed E-state index contributed by atoms with van der Waals surface area (Å²) < 4.78 is 27.7. The van der Waals surface area contributed by atoms with E-state index in [4.69, 9.17) is 23.2 Å². The second-order valence-electron chi connectivity index (χ2n) is 6.74. The fourth-order valence-electron chi connectivity index (χ4n) is 2.82. The van der Waals surface area contributed by atoms with Gasteiger partial charge in [-0.25, -0.2) is 8.42 Å². The van der Waals surface area contributed by atoms with Gasteiger partial charge in [-0.05, 0) is 42.8 Å². The zero-order valence-electron chi connectivity index (χ0n) is 16.2. The standard InChI is InChI=1S/C22H20Cl2N2O3S/c1-16-7-10-19(11-8-16)30(28,29)26(14-17-5-3-2-4-6-17)15-22(27)25-21-13-18(23)9-12-20(21)24/h2-13H,14-15H2,1H3,(H,25,27). The van der Waals surface area contributed by atoms with E-state index in [1.54, 1.807) is 24.3 Å². The molecule has 0 aliphatic rings. The Kier molecular flexibility index (Phi) is 7.15. The molecule has 5 nitrogen and oxygen atoms in total. The number of halogens is 2. The van der Waals surface area contributed by atoms with Gasteiger partial charge < -0.3 is 5.32 Å². The average Bonchev–Trinajstić information content (AvgIpc) is 2.71. The molecule has 156 valence electrons. The SMILES string of the molecule is Cc1ccc(S(=O)(=O)N(CC(=O)Nc2cc(Cl)ccc2Cl)Cc2ccccc2)cc1. The molecule has 0 aliphatic heterocycles. The second kappa shape index (κ2) is 9.62. The highest BCUT2D eigenvalue weighted by atomic mass is 35.5. The number of carbonyl (C=O) groups excluding carboxylic acids is 1. The van der Waals surface area contributed by atoms with E-state index < -0.39 is 15.9 Å². The highest BCUT2D eigenvalue weighted by Gasteiger charge is 2.27. The Bertz CT molecular complexity index is 1130. The molecule has 0 radical (unpaired) electrons. The number of aryl methyl sites for hydroxylation is 1. The van der Waals surface area contributed by atoms with Crippen LogP contribution in [-0.4, -0.2) is 25.2 Å². The van der Waals surface area contributed by atoms with Crippen molar-refractivity contribution in [2.75, 3.05) is 11.9 Å². The third kappa shape index (κ3) is 5.61. The first-order chi connectivity index (χ1) is 14.3. The van der Waals surface area contributed by atoms with Crippen molar-refractivity contribution < 1.29 is 13.2 Å². The molecule has 30 heavy (non-hydrogen) atoms. The van der Waals surface area contributed by atoms with E-state index in [9.17, 15) is 13.2 Å². The van der Waals surface area contributed by atoms with Crippen molar-refractivity contribution in [2.24, 2.45) is 0 Å². The first-order valence-corrected chi connectivity index (χ1v) is 11.3. The molecule has 0 atom stereocenters. The van der Waals surface area contributed by atoms with E-state index >= 15 is 0 Å². The summed E-state index contributed by atoms with van der Waals surface area (Å²) in [6, 6.07) is 20.3. The van der Waals surface area contributed by atoms with Crippen molar-refractivity contribution in [3.8, 4) is 0 Å². The van der Waals surface area contributed by atoms with Crippen LogP contribution in [-0.2, 0) is 21.4 Å². The number of sulfonamides is 1. The molecule has 0 heterocycles. The van der Waals surface area contributed by atoms with Crippen molar-refractivity contribution in [1.29, 1.82) is 0 Å². The predicted octanol–water partition coefficient (Wildman–Crippen LogP) is 5.13. The molecule has 0 aliphatic carbocycles. The predicted molar refractivity (Wildman–Crippen MR) is 120 cm³/mol. The summed E-state index contributed by atoms with van der Waals surface area (Å²) in [6.45, 7) is 1.54. The number of anilines is 1. The number of amides is 1. The van der Waals surface area contributed by atoms with E-state index in [0.29, 0.717) is 15.7 Å². The second-order valence-corrected chi connectivity index (χ2v) is 9.53. The zero-order valence-corrected chi connectivity index (χ0v) is 18.5. The summed E-state index contributed by atoms with van der Waals surface area (Å²) in [6.07, 6.45) is 0. The highest BCUT2D eigenvalue weighted by molar-refractivity contribution is 7.89. The minimum Gasteiger partial charge on any atom is -0.324 e. The van der Waals surface area contributed by atoms with Crippen LogP contribution in [0.3, 0.4) is 0 Å². The van der Waals surface area contributed by atoms with Crippen LogP contribution in [0.15, 0.2) is 77.7 Å². The smallest absolute Gasteiger partial charge is 0.243 e. The van der Waals surface area contributed by atoms with Crippen LogP contribution in [0.25, 0.3) is 0 Å². The molecule has 3 aromatic carbocycles. The number of benzene rings is 3. The topological polar surface area (TPSA) is 66.5 Å². The van der Waals surface area contributed by atoms with Gasteiger partial charge in [0.2, 0.25) is 15.9 Å². The van der Waals surface area contributed by atoms with E-state index in [-0.39, 0.29) is 18.0 Å². The Hall–Kier alpha value is -2.38. The number of carbonyl (C=O) groups is 1. The van der Waals surface area contributed by atoms with Gasteiger partial charge in [-0.3, -0.25) is 4.79 Å². The third-order valence-corrected chi connectivity index (χ3v) is 6.75. The van der Waals surface area contributed by atoms with Gasteiger partial charge in [-0.2, -0.15) is 4.31 Å². The Balaban J connectivity index is 1.88. The molecule has 0 spiro atoms. The van der Waals surface area contributed by atoms with E-state index in [2.05, 4.69) is 5.32 Å². The van der Waals surface area contributed by atoms with Crippen molar-refractivity contribution in [3.63, 3.8) is 0 Å². The van der Waals surface area contributed by atoms with Crippen LogP contribution >= 0.6 is 23.2 Å². The van der Waals surface area contributed by atoms with Gasteiger partial charge in [0.05, 0.1) is 22.2 Å². The number of nitrogens with zero attached hydrogens (tertiary/aromatic N) is 1. The van der Waals surface area contributed by atoms with Gasteiger partial charge in [0.15, 0.2) is 0 Å². The fraction of sp³-hybridized carbons (Fsp3) is 0.136. The maximum atomic E-state index is 13.3. The molecule has 0 saturated carbocycles. The van der Waals surface area contributed by atoms with Crippen LogP contribution < -0.4 is 5.32 Å². The van der Waals surface area contributed by atoms with Crippen molar-refractivity contribution in [1.82, 2.24) is 4.31 Å². The highest BCUT2D eigenvalue weighted by Crippen LogP contribution is 2.26. The Morgan fingerprint density at radius 1 is 0.967 bits per heavy atom. The number of hydrogen-bond acceptors (Lipinski definition) is 3. The van der Waals surface area contributed by atoms with Gasteiger partial charge in [0, 0.05) is 11.6 Å². The minimum absolute atomic E-state index is 0.0494. The van der Waals surface area contributed by atoms with Crippen LogP contribution in [0.4, 0.5) is 5.69 Å². The summed E-state index contributed by atoms with van der Waals surface area (Å²) >= 11 is 12.1. The third-order valence-electron chi connectivity index (χ3n) is 4.38. The Morgan fingerprint density at radius 3 is 2.30 bits per heavy atom. The summed E-state index contributed by atoms with van der Waals surface area (Å²) in [5, 5.41) is 3.35. The number of rotatable bonds is 7. The number of hydrogen-bond donors (Lipinski definition) is 1. The van der Waals surface area contributed by atoms with Gasteiger partial charge in [0.25, 0.3) is 0 Å². The maximum absolute atomic E-state index is 13.3. The summed E-state index contributed by atoms with van der Waals surface area (Å²) in [5.74, 6) is -0.522. The molecule has 0 saturated heterocycles. The first-order valence-electron chi connectivity index (χ1n) is 9.11. The molecule has 1 N–H and O–H groups in total. The average molecular weight is 463 g/mol. The molecule has 0 unspecified atom stereocenters. The molecule has 3 rings (SSSR count). The molecule has 1 amide bonds. The zero-order chi connectivity index (χ0) is 21.7. The van der Waals surface area contributed by atoms with E-state index in [0.717, 1.165) is 15.4 Å². The molecule has 0 bridgehead atoms. The normalized spacial score (nSPS) is 11.5. The maximum Gasteiger partial charge on any atom is 0.243 e. The van der Waals surface area contributed by atoms with Crippen molar-refractivity contribution in [2.45, 2.75) is 18.4 Å². The lowest BCUT2D eigenvalue weighted by Crippen LogP contribution is -2.37. The molecule has 8 heteroatoms. The first kappa shape index (κ1) is 22.3. The molecular formula is C22H20Cl2N2O3S. The molecule has 3 aromatic rings. The lowest BCUT2D eigenvalue weighted by molar-refractivity contribution is -0.116. The molecule has 0 aromatic heterocycles. The summed E-state index contributed by atoms with van der Waals surface area (Å²) in [4.78, 5) is 12.8. The lowest BCUT2D eigenvalue weighted by atomic mass is 10.2. The Labute approximate surface area is 186 Å². The molecule has 0 fully saturated rings. The van der Waals surface area contributed by atoms with Crippen LogP contribution in [0, 0.1) is 6.92 Å². The quantitative estimate of drug-likeness (QED) is 0.528. The van der Waals surface area contributed by atoms with Crippen molar-refractivity contribution in [3.05, 3.63) is 94.0 Å². The van der Waals surface area contributed by atoms with Crippen molar-refractivity contribution >= 4 is 44.8 Å². The van der Waals surface area contributed by atoms with Crippen LogP contribution in [0.5, 0.6) is 0 Å². The lowest BCUT2D eigenvalue weighted by Gasteiger charge is -2.22. The van der Waals surface area contributed by atoms with Gasteiger partial charge in [0.1, 0.15) is 0 Å². The Morgan fingerprint density at radius 2 is 1.63 bits per heavy atom. The largest absolute Gasteiger partial charge is 0.324 e. The van der Waals surface area contributed by atoms with E-state index in [1.807, 2.05) is 37.3 Å². The van der Waals surface area contributed by atoms with Crippen LogP contribution in [0.1, 0.15) is 11.1 Å².